The minimum absolute atomic E-state index is 0.0261. The molecule has 0 saturated carbocycles. The molecule has 0 fully saturated rings. The lowest BCUT2D eigenvalue weighted by Gasteiger charge is -2.17. The molecule has 0 unspecified atom stereocenters. The Labute approximate surface area is 133 Å². The van der Waals surface area contributed by atoms with Crippen LogP contribution in [0.2, 0.25) is 0 Å². The maximum absolute atomic E-state index is 12.0. The van der Waals surface area contributed by atoms with Crippen LogP contribution in [0.1, 0.15) is 43.1 Å². The fourth-order valence-corrected chi connectivity index (χ4v) is 2.07. The predicted molar refractivity (Wildman–Crippen MR) is 88.7 cm³/mol. The molecule has 0 bridgehead atoms. The van der Waals surface area contributed by atoms with Crippen molar-refractivity contribution in [3.8, 4) is 0 Å². The second kappa shape index (κ2) is 9.95. The summed E-state index contributed by atoms with van der Waals surface area (Å²) in [5, 5.41) is 5.74. The first-order valence-corrected chi connectivity index (χ1v) is 7.96. The maximum atomic E-state index is 12.0. The van der Waals surface area contributed by atoms with Crippen LogP contribution in [0.15, 0.2) is 24.3 Å². The molecule has 0 aromatic heterocycles. The normalized spacial score (nSPS) is 10.5. The molecule has 1 rings (SSSR count). The molecule has 0 spiro atoms. The molecule has 122 valence electrons. The summed E-state index contributed by atoms with van der Waals surface area (Å²) in [4.78, 5) is 25.5. The van der Waals surface area contributed by atoms with Gasteiger partial charge in [-0.1, -0.05) is 32.9 Å². The van der Waals surface area contributed by atoms with Gasteiger partial charge < -0.3 is 15.5 Å². The molecular formula is C17H27N3O2. The van der Waals surface area contributed by atoms with Crippen molar-refractivity contribution in [2.45, 2.75) is 33.7 Å². The molecule has 0 aliphatic heterocycles. The second-order valence-electron chi connectivity index (χ2n) is 5.11. The number of hydrogen-bond donors (Lipinski definition) is 2. The largest absolute Gasteiger partial charge is 0.352 e. The Hall–Kier alpha value is -1.88. The molecule has 5 heteroatoms. The second-order valence-corrected chi connectivity index (χ2v) is 5.11. The van der Waals surface area contributed by atoms with E-state index in [2.05, 4.69) is 29.4 Å². The number of rotatable bonds is 9. The molecule has 0 radical (unpaired) electrons. The van der Waals surface area contributed by atoms with Crippen molar-refractivity contribution >= 4 is 11.8 Å². The van der Waals surface area contributed by atoms with Crippen LogP contribution in [-0.4, -0.2) is 42.9 Å². The highest BCUT2D eigenvalue weighted by Crippen LogP contribution is 2.04. The summed E-state index contributed by atoms with van der Waals surface area (Å²) in [5.74, 6) is -0.0329. The Kier molecular flexibility index (Phi) is 8.22. The zero-order valence-corrected chi connectivity index (χ0v) is 13.8. The molecule has 0 aliphatic carbocycles. The van der Waals surface area contributed by atoms with E-state index in [1.165, 1.54) is 0 Å². The van der Waals surface area contributed by atoms with E-state index in [1.807, 2.05) is 19.1 Å². The zero-order chi connectivity index (χ0) is 16.4. The summed E-state index contributed by atoms with van der Waals surface area (Å²) in [5.41, 5.74) is 1.63. The van der Waals surface area contributed by atoms with Gasteiger partial charge in [0, 0.05) is 31.6 Å². The van der Waals surface area contributed by atoms with Crippen LogP contribution < -0.4 is 10.6 Å². The van der Waals surface area contributed by atoms with E-state index in [9.17, 15) is 9.59 Å². The van der Waals surface area contributed by atoms with Crippen molar-refractivity contribution in [1.82, 2.24) is 15.5 Å². The molecule has 0 saturated heterocycles. The smallest absolute Gasteiger partial charge is 0.251 e. The van der Waals surface area contributed by atoms with Gasteiger partial charge in [0.25, 0.3) is 5.91 Å². The van der Waals surface area contributed by atoms with E-state index in [1.54, 1.807) is 12.1 Å². The van der Waals surface area contributed by atoms with Gasteiger partial charge in [-0.15, -0.1) is 0 Å². The van der Waals surface area contributed by atoms with Crippen LogP contribution in [0.4, 0.5) is 0 Å². The molecule has 5 nitrogen and oxygen atoms in total. The zero-order valence-electron chi connectivity index (χ0n) is 13.8. The SMILES string of the molecule is CCC(=O)NCc1ccc(C(=O)NCCN(CC)CC)cc1. The first-order valence-electron chi connectivity index (χ1n) is 7.96. The lowest BCUT2D eigenvalue weighted by Crippen LogP contribution is -2.34. The molecule has 22 heavy (non-hydrogen) atoms. The number of likely N-dealkylation sites (N-methyl/N-ethyl adjacent to an activating group) is 1. The van der Waals surface area contributed by atoms with Gasteiger partial charge in [0.05, 0.1) is 0 Å². The van der Waals surface area contributed by atoms with Gasteiger partial charge in [-0.25, -0.2) is 0 Å². The van der Waals surface area contributed by atoms with Crippen LogP contribution in [0.5, 0.6) is 0 Å². The van der Waals surface area contributed by atoms with E-state index in [4.69, 9.17) is 0 Å². The first-order chi connectivity index (χ1) is 10.6. The third-order valence-corrected chi connectivity index (χ3v) is 3.63. The van der Waals surface area contributed by atoms with Crippen molar-refractivity contribution in [2.24, 2.45) is 0 Å². The number of carbonyl (C=O) groups excluding carboxylic acids is 2. The van der Waals surface area contributed by atoms with Crippen LogP contribution in [0.3, 0.4) is 0 Å². The van der Waals surface area contributed by atoms with Crippen LogP contribution in [0, 0.1) is 0 Å². The summed E-state index contributed by atoms with van der Waals surface area (Å²) in [6.45, 7) is 10.0. The average Bonchev–Trinajstić information content (AvgIpc) is 2.56. The lowest BCUT2D eigenvalue weighted by atomic mass is 10.1. The minimum atomic E-state index is -0.0590. The summed E-state index contributed by atoms with van der Waals surface area (Å²) in [7, 11) is 0. The number of benzene rings is 1. The van der Waals surface area contributed by atoms with E-state index in [0.717, 1.165) is 25.2 Å². The summed E-state index contributed by atoms with van der Waals surface area (Å²) in [6, 6.07) is 7.32. The fourth-order valence-electron chi connectivity index (χ4n) is 2.07. The van der Waals surface area contributed by atoms with Gasteiger partial charge in [-0.3, -0.25) is 9.59 Å². The van der Waals surface area contributed by atoms with Crippen LogP contribution in [0.25, 0.3) is 0 Å². The highest BCUT2D eigenvalue weighted by molar-refractivity contribution is 5.94. The number of nitrogens with zero attached hydrogens (tertiary/aromatic N) is 1. The maximum Gasteiger partial charge on any atom is 0.251 e. The molecule has 0 atom stereocenters. The van der Waals surface area contributed by atoms with E-state index in [-0.39, 0.29) is 11.8 Å². The monoisotopic (exact) mass is 305 g/mol. The Morgan fingerprint density at radius 3 is 2.18 bits per heavy atom. The number of nitrogens with one attached hydrogen (secondary N) is 2. The summed E-state index contributed by atoms with van der Waals surface area (Å²) < 4.78 is 0. The van der Waals surface area contributed by atoms with Crippen molar-refractivity contribution < 1.29 is 9.59 Å². The summed E-state index contributed by atoms with van der Waals surface area (Å²) >= 11 is 0. The third kappa shape index (κ3) is 6.26. The number of amides is 2. The lowest BCUT2D eigenvalue weighted by molar-refractivity contribution is -0.120. The molecule has 0 heterocycles. The molecule has 0 aliphatic rings. The Morgan fingerprint density at radius 1 is 1.00 bits per heavy atom. The molecule has 1 aromatic carbocycles. The predicted octanol–water partition coefficient (Wildman–Crippen LogP) is 1.78. The van der Waals surface area contributed by atoms with Crippen molar-refractivity contribution in [3.05, 3.63) is 35.4 Å². The van der Waals surface area contributed by atoms with Gasteiger partial charge in [0.15, 0.2) is 0 Å². The molecule has 2 amide bonds. The Morgan fingerprint density at radius 2 is 1.64 bits per heavy atom. The number of carbonyl (C=O) groups is 2. The molecule has 1 aromatic rings. The number of hydrogen-bond acceptors (Lipinski definition) is 3. The first kappa shape index (κ1) is 18.2. The van der Waals surface area contributed by atoms with E-state index >= 15 is 0 Å². The highest BCUT2D eigenvalue weighted by Gasteiger charge is 2.06. The minimum Gasteiger partial charge on any atom is -0.352 e. The fraction of sp³-hybridized carbons (Fsp3) is 0.529. The quantitative estimate of drug-likeness (QED) is 0.731. The van der Waals surface area contributed by atoms with Crippen molar-refractivity contribution in [2.75, 3.05) is 26.2 Å². The van der Waals surface area contributed by atoms with Gasteiger partial charge in [-0.2, -0.15) is 0 Å². The van der Waals surface area contributed by atoms with Crippen LogP contribution >= 0.6 is 0 Å². The third-order valence-electron chi connectivity index (χ3n) is 3.63. The Bertz CT molecular complexity index is 467. The topological polar surface area (TPSA) is 61.4 Å². The molecular weight excluding hydrogens is 278 g/mol. The standard InChI is InChI=1S/C17H27N3O2/c1-4-16(21)19-13-14-7-9-15(10-8-14)17(22)18-11-12-20(5-2)6-3/h7-10H,4-6,11-13H2,1-3H3,(H,18,22)(H,19,21). The summed E-state index contributed by atoms with van der Waals surface area (Å²) in [6.07, 6.45) is 0.479. The van der Waals surface area contributed by atoms with Crippen LogP contribution in [-0.2, 0) is 11.3 Å². The average molecular weight is 305 g/mol. The van der Waals surface area contributed by atoms with Gasteiger partial charge in [-0.05, 0) is 30.8 Å². The Balaban J connectivity index is 2.41. The van der Waals surface area contributed by atoms with Crippen molar-refractivity contribution in [3.63, 3.8) is 0 Å². The van der Waals surface area contributed by atoms with Gasteiger partial charge in [0.2, 0.25) is 5.91 Å². The van der Waals surface area contributed by atoms with E-state index in [0.29, 0.717) is 25.1 Å². The van der Waals surface area contributed by atoms with Crippen molar-refractivity contribution in [1.29, 1.82) is 0 Å². The molecule has 2 N–H and O–H groups in total. The van der Waals surface area contributed by atoms with E-state index < -0.39 is 0 Å². The van der Waals surface area contributed by atoms with Gasteiger partial charge in [0.1, 0.15) is 0 Å². The van der Waals surface area contributed by atoms with Gasteiger partial charge >= 0.3 is 0 Å². The highest BCUT2D eigenvalue weighted by atomic mass is 16.2.